The maximum atomic E-state index is 13.1. The van der Waals surface area contributed by atoms with Crippen LogP contribution in [0.5, 0.6) is 0 Å². The molecule has 6 nitrogen and oxygen atoms in total. The smallest absolute Gasteiger partial charge is 0.260 e. The van der Waals surface area contributed by atoms with Gasteiger partial charge in [0.1, 0.15) is 11.4 Å². The van der Waals surface area contributed by atoms with Crippen LogP contribution < -0.4 is 10.9 Å². The number of benzene rings is 1. The van der Waals surface area contributed by atoms with Gasteiger partial charge < -0.3 is 10.3 Å². The van der Waals surface area contributed by atoms with E-state index >= 15 is 0 Å². The molecule has 0 radical (unpaired) electrons. The highest BCUT2D eigenvalue weighted by Crippen LogP contribution is 2.20. The summed E-state index contributed by atoms with van der Waals surface area (Å²) in [5.41, 5.74) is 1.97. The highest BCUT2D eigenvalue weighted by atomic mass is 19.1. The molecule has 0 bridgehead atoms. The van der Waals surface area contributed by atoms with E-state index in [1.54, 1.807) is 29.1 Å². The Morgan fingerprint density at radius 2 is 2.00 bits per heavy atom. The van der Waals surface area contributed by atoms with Crippen molar-refractivity contribution < 1.29 is 9.18 Å². The fourth-order valence-corrected chi connectivity index (χ4v) is 2.64. The third kappa shape index (κ3) is 3.35. The van der Waals surface area contributed by atoms with Crippen LogP contribution in [0.3, 0.4) is 0 Å². The molecule has 25 heavy (non-hydrogen) atoms. The van der Waals surface area contributed by atoms with Gasteiger partial charge in [-0.3, -0.25) is 9.59 Å². The minimum atomic E-state index is -0.455. The summed E-state index contributed by atoms with van der Waals surface area (Å²) in [6.07, 6.45) is 3.12. The first kappa shape index (κ1) is 16.6. The predicted octanol–water partition coefficient (Wildman–Crippen LogP) is 2.50. The molecule has 1 atom stereocenters. The molecular weight excluding hydrogens is 323 g/mol. The number of pyridine rings is 1. The molecule has 3 rings (SSSR count). The number of aromatic nitrogens is 3. The van der Waals surface area contributed by atoms with Gasteiger partial charge in [0, 0.05) is 17.5 Å². The van der Waals surface area contributed by atoms with E-state index in [0.29, 0.717) is 0 Å². The van der Waals surface area contributed by atoms with Crippen molar-refractivity contribution in [1.82, 2.24) is 20.1 Å². The zero-order chi connectivity index (χ0) is 18.0. The Kier molecular flexibility index (Phi) is 4.47. The number of hydrogen-bond donors (Lipinski definition) is 2. The molecule has 0 saturated carbocycles. The molecule has 0 aliphatic heterocycles. The molecule has 128 valence electrons. The van der Waals surface area contributed by atoms with E-state index in [-0.39, 0.29) is 17.4 Å². The molecule has 0 aliphatic rings. The van der Waals surface area contributed by atoms with E-state index in [1.165, 1.54) is 24.4 Å². The molecular formula is C18H17FN4O2. The number of rotatable bonds is 4. The minimum absolute atomic E-state index is 0.0536. The van der Waals surface area contributed by atoms with Crippen molar-refractivity contribution in [3.8, 4) is 5.69 Å². The van der Waals surface area contributed by atoms with E-state index in [9.17, 15) is 14.0 Å². The van der Waals surface area contributed by atoms with E-state index in [4.69, 9.17) is 0 Å². The van der Waals surface area contributed by atoms with Crippen LogP contribution in [-0.4, -0.2) is 20.7 Å². The fraction of sp³-hybridized carbons (Fsp3) is 0.167. The lowest BCUT2D eigenvalue weighted by Gasteiger charge is -2.14. The van der Waals surface area contributed by atoms with Crippen LogP contribution in [-0.2, 0) is 0 Å². The number of hydrogen-bond acceptors (Lipinski definition) is 3. The van der Waals surface area contributed by atoms with Crippen molar-refractivity contribution in [3.05, 3.63) is 81.8 Å². The molecule has 1 unspecified atom stereocenters. The van der Waals surface area contributed by atoms with Gasteiger partial charge in [-0.05, 0) is 50.2 Å². The van der Waals surface area contributed by atoms with Gasteiger partial charge in [0.2, 0.25) is 0 Å². The third-order valence-corrected chi connectivity index (χ3v) is 4.00. The summed E-state index contributed by atoms with van der Waals surface area (Å²) in [6.45, 7) is 3.68. The summed E-state index contributed by atoms with van der Waals surface area (Å²) in [5, 5.41) is 7.11. The first-order chi connectivity index (χ1) is 12.0. The number of nitrogens with one attached hydrogen (secondary N) is 2. The lowest BCUT2D eigenvalue weighted by Crippen LogP contribution is -2.31. The zero-order valence-electron chi connectivity index (χ0n) is 13.8. The van der Waals surface area contributed by atoms with Crippen molar-refractivity contribution >= 4 is 5.91 Å². The van der Waals surface area contributed by atoms with Crippen molar-refractivity contribution in [3.63, 3.8) is 0 Å². The quantitative estimate of drug-likeness (QED) is 0.766. The van der Waals surface area contributed by atoms with Crippen molar-refractivity contribution in [2.75, 3.05) is 0 Å². The molecule has 0 spiro atoms. The van der Waals surface area contributed by atoms with Crippen LogP contribution in [0.4, 0.5) is 4.39 Å². The monoisotopic (exact) mass is 340 g/mol. The maximum Gasteiger partial charge on any atom is 0.260 e. The Labute approximate surface area is 143 Å². The van der Waals surface area contributed by atoms with E-state index in [1.807, 2.05) is 13.8 Å². The van der Waals surface area contributed by atoms with E-state index in [2.05, 4.69) is 15.4 Å². The molecule has 2 aromatic heterocycles. The highest BCUT2D eigenvalue weighted by molar-refractivity contribution is 5.94. The van der Waals surface area contributed by atoms with E-state index in [0.717, 1.165) is 16.9 Å². The van der Waals surface area contributed by atoms with Crippen LogP contribution >= 0.6 is 0 Å². The zero-order valence-corrected chi connectivity index (χ0v) is 13.8. The number of nitrogens with zero attached hydrogens (tertiary/aromatic N) is 2. The van der Waals surface area contributed by atoms with Crippen molar-refractivity contribution in [2.24, 2.45) is 0 Å². The van der Waals surface area contributed by atoms with Crippen molar-refractivity contribution in [1.29, 1.82) is 0 Å². The lowest BCUT2D eigenvalue weighted by molar-refractivity contribution is 0.0938. The van der Waals surface area contributed by atoms with Gasteiger partial charge >= 0.3 is 0 Å². The Bertz CT molecular complexity index is 960. The second-order valence-electron chi connectivity index (χ2n) is 5.68. The number of amides is 1. The number of H-pyrrole nitrogens is 1. The summed E-state index contributed by atoms with van der Waals surface area (Å²) in [5.74, 6) is -0.772. The van der Waals surface area contributed by atoms with Gasteiger partial charge in [-0.2, -0.15) is 5.10 Å². The van der Waals surface area contributed by atoms with E-state index < -0.39 is 11.5 Å². The lowest BCUT2D eigenvalue weighted by atomic mass is 10.1. The molecule has 1 aromatic carbocycles. The summed E-state index contributed by atoms with van der Waals surface area (Å²) in [6, 6.07) is 8.71. The average molecular weight is 340 g/mol. The second kappa shape index (κ2) is 6.72. The summed E-state index contributed by atoms with van der Waals surface area (Å²) >= 11 is 0. The molecule has 0 fully saturated rings. The number of carbonyl (C=O) groups is 1. The van der Waals surface area contributed by atoms with Gasteiger partial charge in [-0.1, -0.05) is 0 Å². The molecule has 1 amide bonds. The van der Waals surface area contributed by atoms with Gasteiger partial charge in [-0.25, -0.2) is 9.07 Å². The fourth-order valence-electron chi connectivity index (χ4n) is 2.64. The molecule has 7 heteroatoms. The van der Waals surface area contributed by atoms with Gasteiger partial charge in [0.05, 0.1) is 17.9 Å². The first-order valence-corrected chi connectivity index (χ1v) is 7.76. The second-order valence-corrected chi connectivity index (χ2v) is 5.68. The number of halogens is 1. The number of carbonyl (C=O) groups excluding carboxylic acids is 1. The Morgan fingerprint density at radius 3 is 2.68 bits per heavy atom. The molecule has 0 aliphatic carbocycles. The van der Waals surface area contributed by atoms with Crippen LogP contribution in [0.25, 0.3) is 5.69 Å². The highest BCUT2D eigenvalue weighted by Gasteiger charge is 2.18. The first-order valence-electron chi connectivity index (χ1n) is 7.76. The van der Waals surface area contributed by atoms with Gasteiger partial charge in [0.25, 0.3) is 11.5 Å². The third-order valence-electron chi connectivity index (χ3n) is 4.00. The van der Waals surface area contributed by atoms with Crippen LogP contribution in [0, 0.1) is 12.7 Å². The molecule has 0 saturated heterocycles. The normalized spacial score (nSPS) is 12.0. The standard InChI is InChI=1S/C18H17FN4O2/c1-11(22-18(25)15-4-3-9-20-17(15)24)16-10-21-23(12(16)2)14-7-5-13(19)6-8-14/h3-11H,1-2H3,(H,20,24)(H,22,25). The maximum absolute atomic E-state index is 13.1. The van der Waals surface area contributed by atoms with Gasteiger partial charge in [0.15, 0.2) is 0 Å². The summed E-state index contributed by atoms with van der Waals surface area (Å²) in [7, 11) is 0. The number of aromatic amines is 1. The molecule has 2 N–H and O–H groups in total. The largest absolute Gasteiger partial charge is 0.345 e. The Morgan fingerprint density at radius 1 is 1.28 bits per heavy atom. The average Bonchev–Trinajstić information content (AvgIpc) is 2.97. The van der Waals surface area contributed by atoms with Crippen LogP contribution in [0.2, 0.25) is 0 Å². The van der Waals surface area contributed by atoms with Gasteiger partial charge in [-0.15, -0.1) is 0 Å². The minimum Gasteiger partial charge on any atom is -0.345 e. The topological polar surface area (TPSA) is 79.8 Å². The SMILES string of the molecule is Cc1c(C(C)NC(=O)c2ccc[nH]c2=O)cnn1-c1ccc(F)cc1. The summed E-state index contributed by atoms with van der Waals surface area (Å²) < 4.78 is 14.7. The Hall–Kier alpha value is -3.22. The predicted molar refractivity (Wildman–Crippen MR) is 91.2 cm³/mol. The van der Waals surface area contributed by atoms with Crippen molar-refractivity contribution in [2.45, 2.75) is 19.9 Å². The Balaban J connectivity index is 1.83. The van der Waals surface area contributed by atoms with Crippen LogP contribution in [0.1, 0.15) is 34.6 Å². The molecule has 3 aromatic rings. The molecule has 2 heterocycles. The van der Waals surface area contributed by atoms with Crippen LogP contribution in [0.15, 0.2) is 53.6 Å². The summed E-state index contributed by atoms with van der Waals surface area (Å²) in [4.78, 5) is 26.4.